The average molecular weight is 141 g/mol. The smallest absolute Gasteiger partial charge is 0.0755 e. The first-order chi connectivity index (χ1) is 4.43. The fraction of sp³-hybridized carbons (Fsp3) is 0.500. The van der Waals surface area contributed by atoms with E-state index in [2.05, 4.69) is 22.9 Å². The van der Waals surface area contributed by atoms with Gasteiger partial charge in [0.2, 0.25) is 0 Å². The maximum absolute atomic E-state index is 3.90. The molecule has 1 heterocycles. The van der Waals surface area contributed by atoms with E-state index < -0.39 is 0 Å². The third kappa shape index (κ3) is 2.10. The monoisotopic (exact) mass is 141 g/mol. The quantitative estimate of drug-likeness (QED) is 0.640. The predicted molar refractivity (Wildman–Crippen MR) is 38.2 cm³/mol. The molecule has 1 aromatic rings. The van der Waals surface area contributed by atoms with E-state index in [1.807, 2.05) is 5.38 Å². The lowest BCUT2D eigenvalue weighted by Gasteiger charge is -1.87. The highest BCUT2D eigenvalue weighted by Gasteiger charge is 1.92. The van der Waals surface area contributed by atoms with Crippen molar-refractivity contribution < 1.29 is 0 Å². The first-order valence-corrected chi connectivity index (χ1v) is 3.81. The molecule has 0 bridgehead atoms. The van der Waals surface area contributed by atoms with Gasteiger partial charge in [0.15, 0.2) is 0 Å². The third-order valence-electron chi connectivity index (χ3n) is 1.09. The molecular formula is C6H9N2S. The van der Waals surface area contributed by atoms with Gasteiger partial charge in [0, 0.05) is 5.38 Å². The summed E-state index contributed by atoms with van der Waals surface area (Å²) in [5, 5.41) is 5.89. The lowest BCUT2D eigenvalue weighted by atomic mass is 10.2. The maximum atomic E-state index is 3.90. The first-order valence-electron chi connectivity index (χ1n) is 2.97. The van der Waals surface area contributed by atoms with Crippen LogP contribution in [0.2, 0.25) is 0 Å². The van der Waals surface area contributed by atoms with Crippen LogP contribution in [0.3, 0.4) is 0 Å². The highest BCUT2D eigenvalue weighted by Crippen LogP contribution is 2.01. The number of nitrogens with zero attached hydrogens (tertiary/aromatic N) is 2. The van der Waals surface area contributed by atoms with Gasteiger partial charge in [-0.05, 0) is 30.8 Å². The molecule has 0 fully saturated rings. The van der Waals surface area contributed by atoms with E-state index in [4.69, 9.17) is 0 Å². The topological polar surface area (TPSA) is 25.8 Å². The molecule has 0 N–H and O–H groups in total. The molecule has 1 aromatic heterocycles. The molecule has 0 unspecified atom stereocenters. The van der Waals surface area contributed by atoms with Crippen molar-refractivity contribution in [1.82, 2.24) is 9.59 Å². The SMILES string of the molecule is C[CH]CCc1csnn1. The molecular weight excluding hydrogens is 132 g/mol. The summed E-state index contributed by atoms with van der Waals surface area (Å²) in [6, 6.07) is 0. The lowest BCUT2D eigenvalue weighted by Crippen LogP contribution is -1.83. The zero-order valence-corrected chi connectivity index (χ0v) is 6.19. The molecule has 0 aliphatic rings. The summed E-state index contributed by atoms with van der Waals surface area (Å²) in [6.45, 7) is 2.06. The fourth-order valence-corrected chi connectivity index (χ4v) is 1.07. The van der Waals surface area contributed by atoms with Gasteiger partial charge in [-0.25, -0.2) is 0 Å². The summed E-state index contributed by atoms with van der Waals surface area (Å²) < 4.78 is 3.75. The minimum absolute atomic E-state index is 1.03. The van der Waals surface area contributed by atoms with Crippen LogP contribution >= 0.6 is 11.5 Å². The molecule has 0 atom stereocenters. The molecule has 0 aliphatic carbocycles. The summed E-state index contributed by atoms with van der Waals surface area (Å²) in [5.74, 6) is 0. The van der Waals surface area contributed by atoms with Crippen molar-refractivity contribution in [1.29, 1.82) is 0 Å². The molecule has 49 valence electrons. The van der Waals surface area contributed by atoms with E-state index in [9.17, 15) is 0 Å². The Labute approximate surface area is 59.1 Å². The molecule has 1 rings (SSSR count). The first kappa shape index (κ1) is 6.68. The van der Waals surface area contributed by atoms with E-state index in [0.29, 0.717) is 0 Å². The van der Waals surface area contributed by atoms with E-state index in [0.717, 1.165) is 18.5 Å². The molecule has 3 heteroatoms. The second-order valence-corrected chi connectivity index (χ2v) is 2.45. The van der Waals surface area contributed by atoms with Gasteiger partial charge >= 0.3 is 0 Å². The van der Waals surface area contributed by atoms with Gasteiger partial charge in [-0.1, -0.05) is 11.4 Å². The molecule has 0 saturated heterocycles. The van der Waals surface area contributed by atoms with Crippen LogP contribution in [0.15, 0.2) is 5.38 Å². The van der Waals surface area contributed by atoms with Gasteiger partial charge in [0.1, 0.15) is 0 Å². The molecule has 0 amide bonds. The van der Waals surface area contributed by atoms with Crippen molar-refractivity contribution in [2.75, 3.05) is 0 Å². The number of aromatic nitrogens is 2. The minimum Gasteiger partial charge on any atom is -0.143 e. The molecule has 1 radical (unpaired) electrons. The van der Waals surface area contributed by atoms with Gasteiger partial charge in [-0.3, -0.25) is 0 Å². The van der Waals surface area contributed by atoms with Crippen LogP contribution in [0, 0.1) is 6.42 Å². The second kappa shape index (κ2) is 3.56. The highest BCUT2D eigenvalue weighted by atomic mass is 32.1. The van der Waals surface area contributed by atoms with Gasteiger partial charge in [-0.2, -0.15) is 0 Å². The van der Waals surface area contributed by atoms with Gasteiger partial charge in [-0.15, -0.1) is 5.10 Å². The molecule has 0 spiro atoms. The number of unbranched alkanes of at least 4 members (excludes halogenated alkanes) is 1. The number of hydrogen-bond donors (Lipinski definition) is 0. The van der Waals surface area contributed by atoms with Crippen LogP contribution in [-0.2, 0) is 6.42 Å². The Bertz CT molecular complexity index is 148. The lowest BCUT2D eigenvalue weighted by molar-refractivity contribution is 0.882. The summed E-state index contributed by atoms with van der Waals surface area (Å²) in [7, 11) is 0. The van der Waals surface area contributed by atoms with Crippen LogP contribution in [0.1, 0.15) is 19.0 Å². The van der Waals surface area contributed by atoms with Crippen molar-refractivity contribution >= 4 is 11.5 Å². The number of hydrogen-bond acceptors (Lipinski definition) is 3. The number of rotatable bonds is 3. The summed E-state index contributed by atoms with van der Waals surface area (Å²) >= 11 is 1.42. The van der Waals surface area contributed by atoms with Gasteiger partial charge in [0.25, 0.3) is 0 Å². The second-order valence-electron chi connectivity index (χ2n) is 1.84. The van der Waals surface area contributed by atoms with Crippen LogP contribution in [0.5, 0.6) is 0 Å². The van der Waals surface area contributed by atoms with E-state index in [-0.39, 0.29) is 0 Å². The summed E-state index contributed by atoms with van der Waals surface area (Å²) in [6.07, 6.45) is 4.28. The van der Waals surface area contributed by atoms with Gasteiger partial charge < -0.3 is 0 Å². The van der Waals surface area contributed by atoms with Crippen LogP contribution in [-0.4, -0.2) is 9.59 Å². The molecule has 0 aromatic carbocycles. The Hall–Kier alpha value is -0.440. The zero-order valence-electron chi connectivity index (χ0n) is 5.37. The molecule has 2 nitrogen and oxygen atoms in total. The summed E-state index contributed by atoms with van der Waals surface area (Å²) in [4.78, 5) is 0. The Morgan fingerprint density at radius 3 is 3.22 bits per heavy atom. The van der Waals surface area contributed by atoms with Crippen molar-refractivity contribution in [2.45, 2.75) is 19.8 Å². The van der Waals surface area contributed by atoms with Crippen molar-refractivity contribution in [3.8, 4) is 0 Å². The van der Waals surface area contributed by atoms with E-state index in [1.54, 1.807) is 0 Å². The standard InChI is InChI=1S/C6H9N2S/c1-2-3-4-6-5-9-8-7-6/h2,5H,3-4H2,1H3. The highest BCUT2D eigenvalue weighted by molar-refractivity contribution is 7.03. The Morgan fingerprint density at radius 2 is 2.67 bits per heavy atom. The summed E-state index contributed by atoms with van der Waals surface area (Å²) in [5.41, 5.74) is 1.11. The van der Waals surface area contributed by atoms with Crippen molar-refractivity contribution in [3.63, 3.8) is 0 Å². The average Bonchev–Trinajstić information content (AvgIpc) is 2.34. The van der Waals surface area contributed by atoms with Crippen molar-refractivity contribution in [2.24, 2.45) is 0 Å². The maximum Gasteiger partial charge on any atom is 0.0755 e. The third-order valence-corrected chi connectivity index (χ3v) is 1.65. The van der Waals surface area contributed by atoms with Crippen LogP contribution in [0.4, 0.5) is 0 Å². The van der Waals surface area contributed by atoms with E-state index in [1.165, 1.54) is 11.5 Å². The van der Waals surface area contributed by atoms with Crippen molar-refractivity contribution in [3.05, 3.63) is 17.5 Å². The molecule has 0 saturated carbocycles. The fourth-order valence-electron chi connectivity index (χ4n) is 0.585. The van der Waals surface area contributed by atoms with Gasteiger partial charge in [0.05, 0.1) is 5.69 Å². The Balaban J connectivity index is 2.30. The largest absolute Gasteiger partial charge is 0.143 e. The van der Waals surface area contributed by atoms with Crippen LogP contribution in [0.25, 0.3) is 0 Å². The predicted octanol–water partition coefficient (Wildman–Crippen LogP) is 1.69. The molecule has 9 heavy (non-hydrogen) atoms. The number of aryl methyl sites for hydroxylation is 1. The normalized spacial score (nSPS) is 9.89. The minimum atomic E-state index is 1.03. The zero-order chi connectivity index (χ0) is 6.53. The Kier molecular flexibility index (Phi) is 2.64. The van der Waals surface area contributed by atoms with Crippen LogP contribution < -0.4 is 0 Å². The Morgan fingerprint density at radius 1 is 1.78 bits per heavy atom. The molecule has 0 aliphatic heterocycles. The van der Waals surface area contributed by atoms with E-state index >= 15 is 0 Å².